The van der Waals surface area contributed by atoms with Gasteiger partial charge in [0.1, 0.15) is 10.8 Å². The highest BCUT2D eigenvalue weighted by molar-refractivity contribution is 7.91. The van der Waals surface area contributed by atoms with E-state index >= 15 is 0 Å². The van der Waals surface area contributed by atoms with Crippen molar-refractivity contribution in [3.05, 3.63) is 76.2 Å². The minimum Gasteiger partial charge on any atom is -0.481 e. The molecule has 0 fully saturated rings. The lowest BCUT2D eigenvalue weighted by atomic mass is 10.1. The molecule has 4 rings (SSSR count). The average molecular weight is 618 g/mol. The molecule has 11 nitrogen and oxygen atoms in total. The molecule has 0 aliphatic heterocycles. The van der Waals surface area contributed by atoms with Gasteiger partial charge in [-0.25, -0.2) is 8.42 Å². The van der Waals surface area contributed by atoms with E-state index in [1.807, 2.05) is 0 Å². The van der Waals surface area contributed by atoms with Gasteiger partial charge in [-0.1, -0.05) is 35.3 Å². The van der Waals surface area contributed by atoms with Crippen molar-refractivity contribution in [3.63, 3.8) is 0 Å². The van der Waals surface area contributed by atoms with Gasteiger partial charge in [0.05, 0.1) is 23.0 Å². The monoisotopic (exact) mass is 616 g/mol. The molecule has 3 heterocycles. The number of carbonyl (C=O) groups excluding carboxylic acids is 1. The Balaban J connectivity index is 0.00000400. The number of nitrogens with one attached hydrogen (secondary N) is 1. The molecule has 0 saturated carbocycles. The van der Waals surface area contributed by atoms with Crippen LogP contribution in [0, 0.1) is 0 Å². The van der Waals surface area contributed by atoms with Crippen LogP contribution in [0.3, 0.4) is 0 Å². The number of tetrazole rings is 1. The number of Topliss-reactive ketones (excluding diaryl/α,β-unsaturated/α-hetero) is 1. The Kier molecular flexibility index (Phi) is 9.93. The van der Waals surface area contributed by atoms with Crippen molar-refractivity contribution in [2.75, 3.05) is 0 Å². The average Bonchev–Trinajstić information content (AvgIpc) is 3.52. The predicted molar refractivity (Wildman–Crippen MR) is 143 cm³/mol. The van der Waals surface area contributed by atoms with Crippen LogP contribution < -0.4 is 4.72 Å². The second-order valence-corrected chi connectivity index (χ2v) is 11.5. The van der Waals surface area contributed by atoms with E-state index in [-0.39, 0.29) is 28.9 Å². The maximum atomic E-state index is 13.0. The molecule has 0 amide bonds. The largest absolute Gasteiger partial charge is 0.481 e. The third kappa shape index (κ3) is 7.34. The van der Waals surface area contributed by atoms with Crippen molar-refractivity contribution in [1.82, 2.24) is 29.9 Å². The molecule has 0 saturated heterocycles. The van der Waals surface area contributed by atoms with Gasteiger partial charge in [0.15, 0.2) is 11.6 Å². The van der Waals surface area contributed by atoms with E-state index in [4.69, 9.17) is 23.2 Å². The molecule has 1 aromatic carbocycles. The highest BCUT2D eigenvalue weighted by Gasteiger charge is 2.29. The SMILES string of the molecule is Cl.O=C(O)CC(NS(=O)(=O)c1ccc(-c2ccccn2)s1)C(=O)Cn1nnc(Cc2c(Cl)cccc2Cl)n1. The van der Waals surface area contributed by atoms with Crippen LogP contribution in [0.4, 0.5) is 0 Å². The summed E-state index contributed by atoms with van der Waals surface area (Å²) in [4.78, 5) is 30.0. The number of halogens is 3. The second kappa shape index (κ2) is 12.7. The number of hydrogen-bond acceptors (Lipinski definition) is 9. The van der Waals surface area contributed by atoms with E-state index < -0.39 is 40.8 Å². The van der Waals surface area contributed by atoms with Crippen molar-refractivity contribution in [3.8, 4) is 10.6 Å². The molecule has 2 N–H and O–H groups in total. The van der Waals surface area contributed by atoms with Crippen molar-refractivity contribution in [2.45, 2.75) is 29.6 Å². The maximum Gasteiger partial charge on any atom is 0.305 e. The molecule has 0 aliphatic carbocycles. The number of hydrogen-bond donors (Lipinski definition) is 2. The zero-order chi connectivity index (χ0) is 26.6. The van der Waals surface area contributed by atoms with Crippen LogP contribution in [-0.4, -0.2) is 56.5 Å². The van der Waals surface area contributed by atoms with Crippen LogP contribution in [0.5, 0.6) is 0 Å². The summed E-state index contributed by atoms with van der Waals surface area (Å²) in [7, 11) is -4.21. The van der Waals surface area contributed by atoms with Gasteiger partial charge in [-0.05, 0) is 47.2 Å². The fourth-order valence-electron chi connectivity index (χ4n) is 3.28. The normalized spacial score (nSPS) is 12.1. The summed E-state index contributed by atoms with van der Waals surface area (Å²) in [6.45, 7) is -0.507. The Morgan fingerprint density at radius 3 is 2.47 bits per heavy atom. The minimum atomic E-state index is -4.21. The second-order valence-electron chi connectivity index (χ2n) is 7.68. The number of sulfonamides is 1. The lowest BCUT2D eigenvalue weighted by Crippen LogP contribution is -2.43. The Bertz CT molecular complexity index is 1530. The van der Waals surface area contributed by atoms with Crippen molar-refractivity contribution >= 4 is 68.7 Å². The number of carbonyl (C=O) groups is 2. The maximum absolute atomic E-state index is 13.0. The number of aliphatic carboxylic acids is 1. The highest BCUT2D eigenvalue weighted by atomic mass is 35.5. The van der Waals surface area contributed by atoms with Crippen LogP contribution in [0.25, 0.3) is 10.6 Å². The molecular formula is C22H19Cl3N6O5S2. The summed E-state index contributed by atoms with van der Waals surface area (Å²) >= 11 is 13.3. The Hall–Kier alpha value is -2.94. The van der Waals surface area contributed by atoms with E-state index in [2.05, 4.69) is 25.1 Å². The molecule has 0 aliphatic rings. The highest BCUT2D eigenvalue weighted by Crippen LogP contribution is 2.29. The third-order valence-electron chi connectivity index (χ3n) is 5.02. The molecule has 0 spiro atoms. The van der Waals surface area contributed by atoms with Crippen LogP contribution in [0.1, 0.15) is 17.8 Å². The fraction of sp³-hybridized carbons (Fsp3) is 0.182. The Morgan fingerprint density at radius 1 is 1.08 bits per heavy atom. The molecular weight excluding hydrogens is 599 g/mol. The molecule has 200 valence electrons. The summed E-state index contributed by atoms with van der Waals surface area (Å²) in [6, 6.07) is 11.6. The molecule has 0 bridgehead atoms. The van der Waals surface area contributed by atoms with Gasteiger partial charge in [0, 0.05) is 22.7 Å². The Morgan fingerprint density at radius 2 is 1.82 bits per heavy atom. The summed E-state index contributed by atoms with van der Waals surface area (Å²) in [6.07, 6.45) is 0.956. The van der Waals surface area contributed by atoms with Crippen LogP contribution in [0.15, 0.2) is 58.9 Å². The first-order chi connectivity index (χ1) is 17.6. The third-order valence-corrected chi connectivity index (χ3v) is 8.80. The van der Waals surface area contributed by atoms with Crippen molar-refractivity contribution < 1.29 is 23.1 Å². The van der Waals surface area contributed by atoms with Crippen LogP contribution >= 0.6 is 46.9 Å². The fourth-order valence-corrected chi connectivity index (χ4v) is 6.33. The number of rotatable bonds is 11. The van der Waals surface area contributed by atoms with E-state index in [1.165, 1.54) is 6.07 Å². The Labute approximate surface area is 237 Å². The van der Waals surface area contributed by atoms with Crippen molar-refractivity contribution in [1.29, 1.82) is 0 Å². The topological polar surface area (TPSA) is 157 Å². The predicted octanol–water partition coefficient (Wildman–Crippen LogP) is 3.51. The molecule has 1 atom stereocenters. The van der Waals surface area contributed by atoms with Crippen LogP contribution in [0.2, 0.25) is 10.0 Å². The number of ketones is 1. The number of nitrogens with zero attached hydrogens (tertiary/aromatic N) is 5. The first kappa shape index (κ1) is 29.6. The van der Waals surface area contributed by atoms with E-state index in [0.29, 0.717) is 26.2 Å². The van der Waals surface area contributed by atoms with Gasteiger partial charge < -0.3 is 5.11 Å². The zero-order valence-electron chi connectivity index (χ0n) is 19.2. The van der Waals surface area contributed by atoms with Gasteiger partial charge in [-0.3, -0.25) is 14.6 Å². The molecule has 16 heteroatoms. The lowest BCUT2D eigenvalue weighted by molar-refractivity contribution is -0.139. The number of carboxylic acid groups (broad SMARTS) is 1. The van der Waals surface area contributed by atoms with Crippen LogP contribution in [-0.2, 0) is 32.6 Å². The van der Waals surface area contributed by atoms with Crippen molar-refractivity contribution in [2.24, 2.45) is 0 Å². The van der Waals surface area contributed by atoms with Gasteiger partial charge in [-0.15, -0.1) is 33.9 Å². The van der Waals surface area contributed by atoms with E-state index in [0.717, 1.165) is 16.1 Å². The van der Waals surface area contributed by atoms with Gasteiger partial charge in [-0.2, -0.15) is 9.52 Å². The molecule has 0 radical (unpaired) electrons. The number of pyridine rings is 1. The van der Waals surface area contributed by atoms with E-state index in [9.17, 15) is 23.1 Å². The number of thiophene rings is 1. The minimum absolute atomic E-state index is 0. The molecule has 38 heavy (non-hydrogen) atoms. The summed E-state index contributed by atoms with van der Waals surface area (Å²) in [5.41, 5.74) is 1.16. The quantitative estimate of drug-likeness (QED) is 0.257. The summed E-state index contributed by atoms with van der Waals surface area (Å²) in [5.74, 6) is -1.90. The standard InChI is InChI=1S/C22H18Cl2N6O5S2.ClH/c23-14-4-3-5-15(24)13(14)10-20-26-29-30(27-20)12-18(31)17(11-21(32)33)28-37(34,35)22-8-7-19(36-22)16-6-1-2-9-25-16;/h1-9,17,28H,10-12H2,(H,32,33);1H. The zero-order valence-corrected chi connectivity index (χ0v) is 23.2. The molecule has 1 unspecified atom stereocenters. The van der Waals surface area contributed by atoms with Gasteiger partial charge in [0.2, 0.25) is 0 Å². The number of aromatic nitrogens is 5. The molecule has 4 aromatic rings. The molecule has 3 aromatic heterocycles. The summed E-state index contributed by atoms with van der Waals surface area (Å²) in [5, 5.41) is 21.9. The van der Waals surface area contributed by atoms with Gasteiger partial charge >= 0.3 is 5.97 Å². The van der Waals surface area contributed by atoms with Gasteiger partial charge in [0.25, 0.3) is 10.0 Å². The first-order valence-electron chi connectivity index (χ1n) is 10.6. The number of carboxylic acids is 1. The summed E-state index contributed by atoms with van der Waals surface area (Å²) < 4.78 is 28.0. The first-order valence-corrected chi connectivity index (χ1v) is 13.7. The lowest BCUT2D eigenvalue weighted by Gasteiger charge is -2.15. The number of benzene rings is 1. The smallest absolute Gasteiger partial charge is 0.305 e. The van der Waals surface area contributed by atoms with E-state index in [1.54, 1.807) is 48.7 Å².